The number of carboxylic acids is 1. The first-order valence-electron chi connectivity index (χ1n) is 6.32. The monoisotopic (exact) mass is 397 g/mol. The average Bonchev–Trinajstić information content (AvgIpc) is 2.49. The maximum absolute atomic E-state index is 10.7. The van der Waals surface area contributed by atoms with Crippen LogP contribution in [0.5, 0.6) is 0 Å². The Morgan fingerprint density at radius 1 is 1.10 bits per heavy atom. The van der Waals surface area contributed by atoms with E-state index in [-0.39, 0.29) is 6.42 Å². The lowest BCUT2D eigenvalue weighted by Crippen LogP contribution is -2.29. The van der Waals surface area contributed by atoms with Gasteiger partial charge < -0.3 is 15.2 Å². The molecule has 5 heteroatoms. The molecule has 0 spiro atoms. The number of anilines is 1. The number of hydrogen-bond acceptors (Lipinski definition) is 3. The quantitative estimate of drug-likeness (QED) is 0.600. The van der Waals surface area contributed by atoms with Gasteiger partial charge in [-0.3, -0.25) is 0 Å². The van der Waals surface area contributed by atoms with E-state index in [2.05, 4.69) is 40.0 Å². The lowest BCUT2D eigenvalue weighted by molar-refractivity contribution is -0.138. The van der Waals surface area contributed by atoms with E-state index >= 15 is 0 Å². The first-order chi connectivity index (χ1) is 10.1. The highest BCUT2D eigenvalue weighted by molar-refractivity contribution is 14.1. The van der Waals surface area contributed by atoms with Crippen molar-refractivity contribution < 1.29 is 14.7 Å². The molecule has 4 nitrogen and oxygen atoms in total. The number of rotatable bonds is 5. The van der Waals surface area contributed by atoms with Gasteiger partial charge in [0.25, 0.3) is 0 Å². The largest absolute Gasteiger partial charge is 0.480 e. The fourth-order valence-corrected chi connectivity index (χ4v) is 1.88. The molecule has 1 atom stereocenters. The molecule has 21 heavy (non-hydrogen) atoms. The van der Waals surface area contributed by atoms with E-state index in [0.29, 0.717) is 12.0 Å². The molecular formula is C16H16INO3. The summed E-state index contributed by atoms with van der Waals surface area (Å²) in [6, 6.07) is 18.3. The zero-order chi connectivity index (χ0) is 15.5. The minimum atomic E-state index is -1.03. The maximum Gasteiger partial charge on any atom is 0.326 e. The van der Waals surface area contributed by atoms with Crippen molar-refractivity contribution in [3.63, 3.8) is 0 Å². The fourth-order valence-electron chi connectivity index (χ4n) is 1.47. The molecule has 0 amide bonds. The number of halogens is 1. The predicted octanol–water partition coefficient (Wildman–Crippen LogP) is 3.43. The third-order valence-electron chi connectivity index (χ3n) is 2.48. The number of nitrogens with one attached hydrogen (secondary N) is 1. The molecule has 2 N–H and O–H groups in total. The molecule has 0 aliphatic carbocycles. The Bertz CT molecular complexity index is 546. The minimum Gasteiger partial charge on any atom is -0.480 e. The first-order valence-corrected chi connectivity index (χ1v) is 7.40. The van der Waals surface area contributed by atoms with Gasteiger partial charge in [0.15, 0.2) is 0 Å². The van der Waals surface area contributed by atoms with Gasteiger partial charge in [-0.15, -0.1) is 0 Å². The van der Waals surface area contributed by atoms with Crippen LogP contribution in [0.3, 0.4) is 0 Å². The second-order valence-corrected chi connectivity index (χ2v) is 5.34. The third kappa shape index (κ3) is 7.45. The average molecular weight is 397 g/mol. The summed E-state index contributed by atoms with van der Waals surface area (Å²) in [5.74, 6) is -1.03. The highest BCUT2D eigenvalue weighted by atomic mass is 127. The van der Waals surface area contributed by atoms with Crippen LogP contribution in [0.25, 0.3) is 0 Å². The predicted molar refractivity (Wildman–Crippen MR) is 91.3 cm³/mol. The number of aliphatic carboxylic acids is 1. The second-order valence-electron chi connectivity index (χ2n) is 4.10. The van der Waals surface area contributed by atoms with Gasteiger partial charge in [0.2, 0.25) is 0 Å². The van der Waals surface area contributed by atoms with Crippen molar-refractivity contribution >= 4 is 40.5 Å². The van der Waals surface area contributed by atoms with E-state index in [1.54, 1.807) is 24.3 Å². The van der Waals surface area contributed by atoms with Crippen molar-refractivity contribution in [2.45, 2.75) is 12.5 Å². The van der Waals surface area contributed by atoms with Gasteiger partial charge in [-0.25, -0.2) is 4.79 Å². The summed E-state index contributed by atoms with van der Waals surface area (Å²) >= 11 is 2.28. The summed E-state index contributed by atoms with van der Waals surface area (Å²) in [5.41, 5.74) is 0.696. The normalized spacial score (nSPS) is 10.7. The molecule has 0 radical (unpaired) electrons. The van der Waals surface area contributed by atoms with Crippen LogP contribution in [-0.4, -0.2) is 23.4 Å². The van der Waals surface area contributed by atoms with Gasteiger partial charge in [0.05, 0.1) is 0 Å². The van der Waals surface area contributed by atoms with Crippen LogP contribution in [0.4, 0.5) is 5.69 Å². The first kappa shape index (κ1) is 17.2. The summed E-state index contributed by atoms with van der Waals surface area (Å²) in [5, 5.41) is 11.5. The van der Waals surface area contributed by atoms with Gasteiger partial charge >= 0.3 is 5.97 Å². The minimum absolute atomic E-state index is 0.0375. The second kappa shape index (κ2) is 9.93. The van der Waals surface area contributed by atoms with Crippen LogP contribution in [0.15, 0.2) is 60.7 Å². The molecule has 0 aliphatic rings. The SMILES string of the molecule is Ic1ccccc1.O=CCC(Nc1ccccc1)C(=O)O. The summed E-state index contributed by atoms with van der Waals surface area (Å²) < 4.78 is 1.29. The van der Waals surface area contributed by atoms with Crippen LogP contribution in [0.2, 0.25) is 0 Å². The molecule has 2 rings (SSSR count). The topological polar surface area (TPSA) is 66.4 Å². The summed E-state index contributed by atoms with van der Waals surface area (Å²) in [7, 11) is 0. The number of benzene rings is 2. The van der Waals surface area contributed by atoms with Gasteiger partial charge in [0, 0.05) is 15.7 Å². The van der Waals surface area contributed by atoms with Crippen LogP contribution >= 0.6 is 22.6 Å². The molecule has 0 aromatic heterocycles. The van der Waals surface area contributed by atoms with Crippen molar-refractivity contribution in [2.75, 3.05) is 5.32 Å². The van der Waals surface area contributed by atoms with Crippen molar-refractivity contribution in [3.8, 4) is 0 Å². The molecule has 0 aliphatic heterocycles. The van der Waals surface area contributed by atoms with E-state index in [9.17, 15) is 9.59 Å². The van der Waals surface area contributed by atoms with E-state index in [1.165, 1.54) is 3.57 Å². The van der Waals surface area contributed by atoms with Crippen LogP contribution in [0.1, 0.15) is 6.42 Å². The van der Waals surface area contributed by atoms with Crippen molar-refractivity contribution in [3.05, 3.63) is 64.2 Å². The molecule has 1 unspecified atom stereocenters. The zero-order valence-corrected chi connectivity index (χ0v) is 13.4. The molecule has 2 aromatic rings. The van der Waals surface area contributed by atoms with E-state index in [4.69, 9.17) is 5.11 Å². The number of carboxylic acid groups (broad SMARTS) is 1. The Morgan fingerprint density at radius 3 is 2.00 bits per heavy atom. The Hall–Kier alpha value is -1.89. The Morgan fingerprint density at radius 2 is 1.62 bits per heavy atom. The number of hydrogen-bond donors (Lipinski definition) is 2. The molecule has 110 valence electrons. The molecule has 0 fully saturated rings. The number of carbonyl (C=O) groups excluding carboxylic acids is 1. The Kier molecular flexibility index (Phi) is 8.11. The van der Waals surface area contributed by atoms with E-state index in [0.717, 1.165) is 0 Å². The Labute approximate surface area is 137 Å². The Balaban J connectivity index is 0.000000262. The number of aldehydes is 1. The van der Waals surface area contributed by atoms with Gasteiger partial charge in [-0.05, 0) is 46.9 Å². The van der Waals surface area contributed by atoms with Crippen molar-refractivity contribution in [1.29, 1.82) is 0 Å². The molecule has 0 saturated heterocycles. The summed E-state index contributed by atoms with van der Waals surface area (Å²) in [4.78, 5) is 20.9. The molecule has 0 saturated carbocycles. The van der Waals surface area contributed by atoms with E-state index < -0.39 is 12.0 Å². The van der Waals surface area contributed by atoms with Crippen molar-refractivity contribution in [1.82, 2.24) is 0 Å². The summed E-state index contributed by atoms with van der Waals surface area (Å²) in [6.07, 6.45) is 0.555. The lowest BCUT2D eigenvalue weighted by atomic mass is 10.2. The summed E-state index contributed by atoms with van der Waals surface area (Å²) in [6.45, 7) is 0. The fraction of sp³-hybridized carbons (Fsp3) is 0.125. The zero-order valence-electron chi connectivity index (χ0n) is 11.3. The van der Waals surface area contributed by atoms with Crippen LogP contribution < -0.4 is 5.32 Å². The van der Waals surface area contributed by atoms with Gasteiger partial charge in [0.1, 0.15) is 12.3 Å². The lowest BCUT2D eigenvalue weighted by Gasteiger charge is -2.12. The van der Waals surface area contributed by atoms with Crippen LogP contribution in [-0.2, 0) is 9.59 Å². The highest BCUT2D eigenvalue weighted by Gasteiger charge is 2.15. The molecular weight excluding hydrogens is 381 g/mol. The van der Waals surface area contributed by atoms with Gasteiger partial charge in [-0.1, -0.05) is 36.4 Å². The molecule has 2 aromatic carbocycles. The highest BCUT2D eigenvalue weighted by Crippen LogP contribution is 2.08. The third-order valence-corrected chi connectivity index (χ3v) is 3.20. The van der Waals surface area contributed by atoms with Crippen LogP contribution in [0, 0.1) is 3.57 Å². The molecule has 0 heterocycles. The standard InChI is InChI=1S/C10H11NO3.C6H5I/c12-7-6-9(10(13)14)11-8-4-2-1-3-5-8;7-6-4-2-1-3-5-6/h1-5,7,9,11H,6H2,(H,13,14);1-5H. The van der Waals surface area contributed by atoms with Crippen molar-refractivity contribution in [2.24, 2.45) is 0 Å². The van der Waals surface area contributed by atoms with Gasteiger partial charge in [-0.2, -0.15) is 0 Å². The number of carbonyl (C=O) groups is 2. The molecule has 0 bridgehead atoms. The maximum atomic E-state index is 10.7. The number of para-hydroxylation sites is 1. The smallest absolute Gasteiger partial charge is 0.326 e. The van der Waals surface area contributed by atoms with E-state index in [1.807, 2.05) is 24.3 Å².